The fraction of sp³-hybridized carbons (Fsp3) is 0.188. The standard InChI is InChI=1S/C16H15NO/c18-17-16-11-14(12-6-2-1-3-7-12)10-13-8-4-5-9-15(13)16/h1-9,14,18H,10-11H2. The second-order valence-corrected chi connectivity index (χ2v) is 4.72. The number of benzene rings is 2. The molecule has 0 amide bonds. The Morgan fingerprint density at radius 2 is 1.61 bits per heavy atom. The summed E-state index contributed by atoms with van der Waals surface area (Å²) in [6.07, 6.45) is 1.82. The molecule has 0 radical (unpaired) electrons. The molecule has 1 atom stereocenters. The zero-order chi connectivity index (χ0) is 12.4. The molecule has 1 N–H and O–H groups in total. The first-order chi connectivity index (χ1) is 8.88. The molecule has 0 saturated carbocycles. The lowest BCUT2D eigenvalue weighted by Crippen LogP contribution is -2.19. The van der Waals surface area contributed by atoms with Crippen LogP contribution in [0.25, 0.3) is 0 Å². The lowest BCUT2D eigenvalue weighted by atomic mass is 9.79. The van der Waals surface area contributed by atoms with Crippen molar-refractivity contribution in [1.82, 2.24) is 0 Å². The van der Waals surface area contributed by atoms with Crippen molar-refractivity contribution >= 4 is 5.71 Å². The Kier molecular flexibility index (Phi) is 2.85. The van der Waals surface area contributed by atoms with Gasteiger partial charge in [-0.2, -0.15) is 0 Å². The summed E-state index contributed by atoms with van der Waals surface area (Å²) in [6, 6.07) is 18.6. The van der Waals surface area contributed by atoms with Gasteiger partial charge in [0.05, 0.1) is 5.71 Å². The second-order valence-electron chi connectivity index (χ2n) is 4.72. The highest BCUT2D eigenvalue weighted by atomic mass is 16.4. The second kappa shape index (κ2) is 4.65. The van der Waals surface area contributed by atoms with Gasteiger partial charge in [0, 0.05) is 12.0 Å². The van der Waals surface area contributed by atoms with Crippen LogP contribution in [0, 0.1) is 0 Å². The minimum Gasteiger partial charge on any atom is -0.411 e. The molecular weight excluding hydrogens is 222 g/mol. The first kappa shape index (κ1) is 11.0. The van der Waals surface area contributed by atoms with Crippen LogP contribution >= 0.6 is 0 Å². The molecule has 0 bridgehead atoms. The lowest BCUT2D eigenvalue weighted by Gasteiger charge is -2.25. The van der Waals surface area contributed by atoms with Gasteiger partial charge in [0.1, 0.15) is 0 Å². The molecule has 0 aliphatic heterocycles. The lowest BCUT2D eigenvalue weighted by molar-refractivity contribution is 0.317. The van der Waals surface area contributed by atoms with Crippen molar-refractivity contribution in [3.8, 4) is 0 Å². The first-order valence-corrected chi connectivity index (χ1v) is 6.22. The predicted octanol–water partition coefficient (Wildman–Crippen LogP) is 3.59. The van der Waals surface area contributed by atoms with E-state index in [-0.39, 0.29) is 0 Å². The number of hydrogen-bond acceptors (Lipinski definition) is 2. The van der Waals surface area contributed by atoms with Gasteiger partial charge in [0.2, 0.25) is 0 Å². The van der Waals surface area contributed by atoms with Crippen molar-refractivity contribution in [2.45, 2.75) is 18.8 Å². The zero-order valence-electron chi connectivity index (χ0n) is 10.1. The molecule has 2 nitrogen and oxygen atoms in total. The average Bonchev–Trinajstić information content (AvgIpc) is 2.47. The van der Waals surface area contributed by atoms with Crippen LogP contribution in [0.5, 0.6) is 0 Å². The largest absolute Gasteiger partial charge is 0.411 e. The van der Waals surface area contributed by atoms with E-state index in [1.807, 2.05) is 24.3 Å². The van der Waals surface area contributed by atoms with Gasteiger partial charge in [-0.1, -0.05) is 59.8 Å². The maximum absolute atomic E-state index is 9.19. The number of oxime groups is 1. The van der Waals surface area contributed by atoms with Crippen LogP contribution in [-0.4, -0.2) is 10.9 Å². The third-order valence-corrected chi connectivity index (χ3v) is 3.63. The Bertz CT molecular complexity index is 575. The fourth-order valence-electron chi connectivity index (χ4n) is 2.72. The summed E-state index contributed by atoms with van der Waals surface area (Å²) < 4.78 is 0. The maximum atomic E-state index is 9.19. The van der Waals surface area contributed by atoms with Gasteiger partial charge in [-0.05, 0) is 23.5 Å². The molecule has 1 aliphatic carbocycles. The summed E-state index contributed by atoms with van der Waals surface area (Å²) in [5.41, 5.74) is 4.47. The van der Waals surface area contributed by atoms with Crippen molar-refractivity contribution < 1.29 is 5.21 Å². The molecule has 18 heavy (non-hydrogen) atoms. The highest BCUT2D eigenvalue weighted by molar-refractivity contribution is 6.02. The molecule has 0 saturated heterocycles. The van der Waals surface area contributed by atoms with E-state index in [0.717, 1.165) is 24.1 Å². The maximum Gasteiger partial charge on any atom is 0.0876 e. The van der Waals surface area contributed by atoms with Gasteiger partial charge in [0.25, 0.3) is 0 Å². The summed E-state index contributed by atoms with van der Waals surface area (Å²) in [7, 11) is 0. The van der Waals surface area contributed by atoms with E-state index < -0.39 is 0 Å². The fourth-order valence-corrected chi connectivity index (χ4v) is 2.72. The summed E-state index contributed by atoms with van der Waals surface area (Å²) in [6.45, 7) is 0. The van der Waals surface area contributed by atoms with E-state index in [4.69, 9.17) is 0 Å². The van der Waals surface area contributed by atoms with Crippen LogP contribution in [0.3, 0.4) is 0 Å². The Balaban J connectivity index is 2.00. The van der Waals surface area contributed by atoms with Crippen LogP contribution in [0.2, 0.25) is 0 Å². The molecule has 2 aromatic rings. The summed E-state index contributed by atoms with van der Waals surface area (Å²) in [4.78, 5) is 0. The van der Waals surface area contributed by atoms with Crippen molar-refractivity contribution in [2.75, 3.05) is 0 Å². The van der Waals surface area contributed by atoms with E-state index >= 15 is 0 Å². The topological polar surface area (TPSA) is 32.6 Å². The number of rotatable bonds is 1. The summed E-state index contributed by atoms with van der Waals surface area (Å²) in [5.74, 6) is 0.409. The zero-order valence-corrected chi connectivity index (χ0v) is 10.1. The summed E-state index contributed by atoms with van der Waals surface area (Å²) in [5, 5.41) is 12.7. The Morgan fingerprint density at radius 3 is 2.39 bits per heavy atom. The molecule has 0 heterocycles. The Hall–Kier alpha value is -2.09. The van der Waals surface area contributed by atoms with E-state index in [1.165, 1.54) is 11.1 Å². The monoisotopic (exact) mass is 237 g/mol. The molecule has 1 unspecified atom stereocenters. The van der Waals surface area contributed by atoms with Gasteiger partial charge in [-0.15, -0.1) is 0 Å². The number of nitrogens with zero attached hydrogens (tertiary/aromatic N) is 1. The van der Waals surface area contributed by atoms with Crippen LogP contribution < -0.4 is 0 Å². The Labute approximate surface area is 107 Å². The van der Waals surface area contributed by atoms with E-state index in [9.17, 15) is 5.21 Å². The SMILES string of the molecule is ON=C1CC(c2ccccc2)Cc2ccccc21. The van der Waals surface area contributed by atoms with E-state index in [0.29, 0.717) is 5.92 Å². The quantitative estimate of drug-likeness (QED) is 0.596. The molecule has 2 aromatic carbocycles. The molecule has 1 aliphatic rings. The predicted molar refractivity (Wildman–Crippen MR) is 72.3 cm³/mol. The van der Waals surface area contributed by atoms with E-state index in [2.05, 4.69) is 35.5 Å². The van der Waals surface area contributed by atoms with Crippen LogP contribution in [0.15, 0.2) is 59.8 Å². The highest BCUT2D eigenvalue weighted by Gasteiger charge is 2.24. The third-order valence-electron chi connectivity index (χ3n) is 3.63. The normalized spacial score (nSPS) is 20.7. The molecule has 0 aromatic heterocycles. The smallest absolute Gasteiger partial charge is 0.0876 e. The average molecular weight is 237 g/mol. The molecule has 3 rings (SSSR count). The molecule has 0 spiro atoms. The van der Waals surface area contributed by atoms with Gasteiger partial charge < -0.3 is 5.21 Å². The van der Waals surface area contributed by atoms with Crippen molar-refractivity contribution in [3.05, 3.63) is 71.3 Å². The molecular formula is C16H15NO. The van der Waals surface area contributed by atoms with Crippen LogP contribution in [-0.2, 0) is 6.42 Å². The number of fused-ring (bicyclic) bond motifs is 1. The third kappa shape index (κ3) is 1.90. The highest BCUT2D eigenvalue weighted by Crippen LogP contribution is 2.32. The minimum atomic E-state index is 0.409. The van der Waals surface area contributed by atoms with E-state index in [1.54, 1.807) is 0 Å². The molecule has 90 valence electrons. The van der Waals surface area contributed by atoms with Gasteiger partial charge in [-0.3, -0.25) is 0 Å². The van der Waals surface area contributed by atoms with Gasteiger partial charge in [0.15, 0.2) is 0 Å². The van der Waals surface area contributed by atoms with Crippen molar-refractivity contribution in [3.63, 3.8) is 0 Å². The van der Waals surface area contributed by atoms with Gasteiger partial charge >= 0.3 is 0 Å². The first-order valence-electron chi connectivity index (χ1n) is 6.22. The van der Waals surface area contributed by atoms with Gasteiger partial charge in [-0.25, -0.2) is 0 Å². The molecule has 0 fully saturated rings. The summed E-state index contributed by atoms with van der Waals surface area (Å²) >= 11 is 0. The van der Waals surface area contributed by atoms with Crippen molar-refractivity contribution in [1.29, 1.82) is 0 Å². The van der Waals surface area contributed by atoms with Crippen LogP contribution in [0.4, 0.5) is 0 Å². The minimum absolute atomic E-state index is 0.409. The molecule has 2 heteroatoms. The van der Waals surface area contributed by atoms with Crippen LogP contribution in [0.1, 0.15) is 29.0 Å². The Morgan fingerprint density at radius 1 is 0.889 bits per heavy atom. The van der Waals surface area contributed by atoms with Crippen molar-refractivity contribution in [2.24, 2.45) is 5.16 Å². The number of hydrogen-bond donors (Lipinski definition) is 1.